The topological polar surface area (TPSA) is 74.3 Å². The van der Waals surface area contributed by atoms with Crippen molar-refractivity contribution in [3.05, 3.63) is 112 Å². The van der Waals surface area contributed by atoms with E-state index in [1.54, 1.807) is 24.4 Å². The quantitative estimate of drug-likeness (QED) is 0.121. The summed E-state index contributed by atoms with van der Waals surface area (Å²) < 4.78 is 28.2. The van der Waals surface area contributed by atoms with Crippen molar-refractivity contribution in [2.45, 2.75) is 71.9 Å². The highest BCUT2D eigenvalue weighted by molar-refractivity contribution is 7.13. The fraction of sp³-hybridized carbons (Fsp3) is 0.378. The molecule has 0 aliphatic rings. The van der Waals surface area contributed by atoms with E-state index in [4.69, 9.17) is 0 Å². The molecule has 0 radical (unpaired) electrons. The molecule has 1 atom stereocenters. The van der Waals surface area contributed by atoms with Crippen LogP contribution in [0.15, 0.2) is 72.2 Å². The van der Waals surface area contributed by atoms with Gasteiger partial charge in [0.15, 0.2) is 0 Å². The number of carbonyl (C=O) groups excluding carboxylic acids is 2. The molecule has 0 bridgehead atoms. The third-order valence-corrected chi connectivity index (χ3v) is 8.57. The van der Waals surface area contributed by atoms with Crippen molar-refractivity contribution < 1.29 is 18.4 Å². The summed E-state index contributed by atoms with van der Waals surface area (Å²) in [6.45, 7) is 10.9. The predicted octanol–water partition coefficient (Wildman–Crippen LogP) is 7.99. The van der Waals surface area contributed by atoms with Crippen molar-refractivity contribution >= 4 is 23.2 Å². The zero-order valence-corrected chi connectivity index (χ0v) is 27.9. The average Bonchev–Trinajstić information content (AvgIpc) is 3.57. The van der Waals surface area contributed by atoms with Crippen LogP contribution in [0.3, 0.4) is 0 Å². The zero-order chi connectivity index (χ0) is 33.1. The summed E-state index contributed by atoms with van der Waals surface area (Å²) >= 11 is 1.43. The number of nitrogens with one attached hydrogen (secondary N) is 2. The van der Waals surface area contributed by atoms with Crippen LogP contribution in [-0.2, 0) is 13.0 Å². The van der Waals surface area contributed by atoms with E-state index in [0.717, 1.165) is 24.5 Å². The van der Waals surface area contributed by atoms with E-state index in [0.29, 0.717) is 65.8 Å². The van der Waals surface area contributed by atoms with Gasteiger partial charge in [0.2, 0.25) is 0 Å². The lowest BCUT2D eigenvalue weighted by molar-refractivity contribution is 0.0755. The van der Waals surface area contributed by atoms with Gasteiger partial charge in [-0.05, 0) is 85.2 Å². The Morgan fingerprint density at radius 1 is 0.913 bits per heavy atom. The number of benzene rings is 3. The molecule has 2 N–H and O–H groups in total. The maximum atomic E-state index is 14.1. The molecule has 0 spiro atoms. The average molecular weight is 647 g/mol. The summed E-state index contributed by atoms with van der Waals surface area (Å²) in [6, 6.07) is 16.6. The van der Waals surface area contributed by atoms with Gasteiger partial charge in [0.1, 0.15) is 16.6 Å². The summed E-state index contributed by atoms with van der Waals surface area (Å²) in [5.74, 6) is -1.39. The highest BCUT2D eigenvalue weighted by Crippen LogP contribution is 2.26. The Morgan fingerprint density at radius 3 is 2.28 bits per heavy atom. The molecule has 0 unspecified atom stereocenters. The SMILES string of the molecule is CCCN(CCC)C(=O)c1cc(C(=O)N[C@H](CCNCc2cccc(C(C)C)c2)Cc2cc(F)cc(F)c2)cc(-c2nccs2)c1. The number of amides is 2. The van der Waals surface area contributed by atoms with Gasteiger partial charge < -0.3 is 15.5 Å². The minimum Gasteiger partial charge on any atom is -0.349 e. The van der Waals surface area contributed by atoms with Crippen LogP contribution in [0, 0.1) is 11.6 Å². The van der Waals surface area contributed by atoms with Gasteiger partial charge >= 0.3 is 0 Å². The summed E-state index contributed by atoms with van der Waals surface area (Å²) in [5, 5.41) is 9.11. The van der Waals surface area contributed by atoms with Gasteiger partial charge in [-0.25, -0.2) is 13.8 Å². The second-order valence-electron chi connectivity index (χ2n) is 11.9. The van der Waals surface area contributed by atoms with E-state index < -0.39 is 17.7 Å². The molecule has 244 valence electrons. The molecule has 0 saturated heterocycles. The fourth-order valence-corrected chi connectivity index (χ4v) is 6.11. The second-order valence-corrected chi connectivity index (χ2v) is 12.8. The van der Waals surface area contributed by atoms with Crippen LogP contribution in [0.5, 0.6) is 0 Å². The number of aromatic nitrogens is 1. The van der Waals surface area contributed by atoms with Crippen LogP contribution >= 0.6 is 11.3 Å². The van der Waals surface area contributed by atoms with Crippen molar-refractivity contribution in [3.63, 3.8) is 0 Å². The number of hydrogen-bond donors (Lipinski definition) is 2. The Kier molecular flexibility index (Phi) is 13.0. The molecule has 1 heterocycles. The largest absolute Gasteiger partial charge is 0.349 e. The Bertz CT molecular complexity index is 1570. The smallest absolute Gasteiger partial charge is 0.253 e. The van der Waals surface area contributed by atoms with E-state index in [1.165, 1.54) is 29.0 Å². The predicted molar refractivity (Wildman–Crippen MR) is 182 cm³/mol. The van der Waals surface area contributed by atoms with Gasteiger partial charge in [0.25, 0.3) is 11.8 Å². The van der Waals surface area contributed by atoms with Crippen molar-refractivity contribution in [2.24, 2.45) is 0 Å². The number of thiazole rings is 1. The van der Waals surface area contributed by atoms with E-state index in [9.17, 15) is 18.4 Å². The maximum Gasteiger partial charge on any atom is 0.253 e. The molecule has 0 aliphatic heterocycles. The first-order chi connectivity index (χ1) is 22.2. The highest BCUT2D eigenvalue weighted by atomic mass is 32.1. The molecular weight excluding hydrogens is 602 g/mol. The minimum atomic E-state index is -0.661. The van der Waals surface area contributed by atoms with Crippen LogP contribution in [0.25, 0.3) is 10.6 Å². The summed E-state index contributed by atoms with van der Waals surface area (Å²) in [5.41, 5.74) is 4.33. The van der Waals surface area contributed by atoms with E-state index in [1.807, 2.05) is 24.1 Å². The molecule has 3 aromatic carbocycles. The van der Waals surface area contributed by atoms with Crippen LogP contribution in [0.4, 0.5) is 8.78 Å². The van der Waals surface area contributed by atoms with Crippen LogP contribution < -0.4 is 10.6 Å². The molecule has 0 saturated carbocycles. The summed E-state index contributed by atoms with van der Waals surface area (Å²) in [7, 11) is 0. The summed E-state index contributed by atoms with van der Waals surface area (Å²) in [6.07, 6.45) is 4.10. The minimum absolute atomic E-state index is 0.131. The van der Waals surface area contributed by atoms with Crippen LogP contribution in [0.2, 0.25) is 0 Å². The lowest BCUT2D eigenvalue weighted by Gasteiger charge is -2.23. The molecule has 0 fully saturated rings. The third kappa shape index (κ3) is 10.0. The Morgan fingerprint density at radius 2 is 1.63 bits per heavy atom. The maximum absolute atomic E-state index is 14.1. The number of nitrogens with zero attached hydrogens (tertiary/aromatic N) is 2. The van der Waals surface area contributed by atoms with Gasteiger partial charge in [-0.3, -0.25) is 9.59 Å². The van der Waals surface area contributed by atoms with Gasteiger partial charge in [0.05, 0.1) is 0 Å². The monoisotopic (exact) mass is 646 g/mol. The zero-order valence-electron chi connectivity index (χ0n) is 27.1. The molecule has 46 heavy (non-hydrogen) atoms. The van der Waals surface area contributed by atoms with E-state index >= 15 is 0 Å². The van der Waals surface area contributed by atoms with Crippen molar-refractivity contribution in [1.82, 2.24) is 20.5 Å². The Labute approximate surface area is 275 Å². The lowest BCUT2D eigenvalue weighted by atomic mass is 10.00. The van der Waals surface area contributed by atoms with Gasteiger partial charge in [-0.15, -0.1) is 11.3 Å². The fourth-order valence-electron chi connectivity index (χ4n) is 5.49. The first kappa shape index (κ1) is 34.9. The normalized spacial score (nSPS) is 11.9. The number of halogens is 2. The number of carbonyl (C=O) groups is 2. The van der Waals surface area contributed by atoms with Crippen molar-refractivity contribution in [2.75, 3.05) is 19.6 Å². The van der Waals surface area contributed by atoms with Gasteiger partial charge in [0, 0.05) is 60.0 Å². The summed E-state index contributed by atoms with van der Waals surface area (Å²) in [4.78, 5) is 33.6. The second kappa shape index (κ2) is 17.1. The number of hydrogen-bond acceptors (Lipinski definition) is 5. The molecular formula is C37H44F2N4O2S. The van der Waals surface area contributed by atoms with Crippen molar-refractivity contribution in [1.29, 1.82) is 0 Å². The van der Waals surface area contributed by atoms with Gasteiger partial charge in [-0.2, -0.15) is 0 Å². The lowest BCUT2D eigenvalue weighted by Crippen LogP contribution is -2.39. The first-order valence-electron chi connectivity index (χ1n) is 16.1. The van der Waals surface area contributed by atoms with E-state index in [-0.39, 0.29) is 18.2 Å². The molecule has 0 aliphatic carbocycles. The number of rotatable bonds is 16. The molecule has 6 nitrogen and oxygen atoms in total. The molecule has 4 rings (SSSR count). The molecule has 2 amide bonds. The third-order valence-electron chi connectivity index (χ3n) is 7.75. The highest BCUT2D eigenvalue weighted by Gasteiger charge is 2.21. The Balaban J connectivity index is 1.56. The van der Waals surface area contributed by atoms with Crippen LogP contribution in [-0.4, -0.2) is 47.4 Å². The van der Waals surface area contributed by atoms with Gasteiger partial charge in [-0.1, -0.05) is 52.0 Å². The van der Waals surface area contributed by atoms with Crippen LogP contribution in [0.1, 0.15) is 90.3 Å². The molecule has 4 aromatic rings. The molecule has 1 aromatic heterocycles. The van der Waals surface area contributed by atoms with Crippen molar-refractivity contribution in [3.8, 4) is 10.6 Å². The van der Waals surface area contributed by atoms with E-state index in [2.05, 4.69) is 53.7 Å². The standard InChI is InChI=1S/C37H44F2N4O2S/c1-5-13-43(14-6-2)37(45)31-21-29(20-30(22-31)36-41-12-15-46-36)35(44)42-34(19-27-17-32(38)23-33(39)18-27)10-11-40-24-26-8-7-9-28(16-26)25(3)4/h7-9,12,15-18,20-23,25,34,40H,5-6,10-11,13-14,19,24H2,1-4H3,(H,42,44)/t34-/m1/s1. The Hall–Kier alpha value is -3.95. The first-order valence-corrected chi connectivity index (χ1v) is 16.9. The molecule has 9 heteroatoms.